The predicted octanol–water partition coefficient (Wildman–Crippen LogP) is 6.27. The van der Waals surface area contributed by atoms with Crippen molar-refractivity contribution in [2.75, 3.05) is 0 Å². The highest BCUT2D eigenvalue weighted by Gasteiger charge is 2.66. The predicted molar refractivity (Wildman–Crippen MR) is 122 cm³/mol. The molecule has 0 spiro atoms. The summed E-state index contributed by atoms with van der Waals surface area (Å²) in [7, 11) is 0. The minimum Gasteiger partial charge on any atom is -0.508 e. The Hall–Kier alpha value is -1.53. The van der Waals surface area contributed by atoms with Gasteiger partial charge in [-0.3, -0.25) is 0 Å². The summed E-state index contributed by atoms with van der Waals surface area (Å²) in [4.78, 5) is 0. The van der Waals surface area contributed by atoms with Gasteiger partial charge in [-0.2, -0.15) is 13.2 Å². The molecule has 33 heavy (non-hydrogen) atoms. The molecule has 1 aromatic rings. The summed E-state index contributed by atoms with van der Waals surface area (Å²) in [5, 5.41) is 30.8. The Morgan fingerprint density at radius 3 is 2.61 bits per heavy atom. The summed E-state index contributed by atoms with van der Waals surface area (Å²) < 4.78 is 38.2. The smallest absolute Gasteiger partial charge is 0.414 e. The van der Waals surface area contributed by atoms with Crippen LogP contribution in [-0.4, -0.2) is 33.2 Å². The lowest BCUT2D eigenvalue weighted by Gasteiger charge is -2.61. The van der Waals surface area contributed by atoms with Crippen LogP contribution in [-0.2, 0) is 6.42 Å². The molecule has 0 saturated heterocycles. The number of halogens is 3. The molecule has 184 valence electrons. The molecule has 1 aromatic carbocycles. The molecule has 2 fully saturated rings. The second-order valence-electron chi connectivity index (χ2n) is 11.3. The molecule has 6 heteroatoms. The zero-order valence-corrected chi connectivity index (χ0v) is 19.7. The van der Waals surface area contributed by atoms with Crippen LogP contribution in [0.4, 0.5) is 13.2 Å². The fourth-order valence-electron chi connectivity index (χ4n) is 7.83. The summed E-state index contributed by atoms with van der Waals surface area (Å²) in [6.07, 6.45) is 0.851. The van der Waals surface area contributed by atoms with E-state index in [4.69, 9.17) is 0 Å². The standard InChI is InChI=1S/C27H37F3O3/c1-4-26-14-11-17-15-19(31)9-10-20(17)23(26)18(7-5-6-8-22(32)27(28,29)30)16-24(2)21(26)12-13-25(24,3)33/h4,9-10,15,18,21-23,31-33H,1,5-8,11-14,16H2,2-3H3/t18-,21+,22+,23+,24-,25-,26?/m0/s1. The van der Waals surface area contributed by atoms with Gasteiger partial charge in [0.1, 0.15) is 11.9 Å². The first kappa shape index (κ1) is 24.6. The van der Waals surface area contributed by atoms with E-state index in [1.54, 1.807) is 6.07 Å². The normalized spacial score (nSPS) is 38.8. The molecule has 0 amide bonds. The monoisotopic (exact) mass is 466 g/mol. The van der Waals surface area contributed by atoms with E-state index in [9.17, 15) is 28.5 Å². The quantitative estimate of drug-likeness (QED) is 0.342. The molecule has 1 unspecified atom stereocenters. The average Bonchev–Trinajstić information content (AvgIpc) is 2.98. The maximum Gasteiger partial charge on any atom is 0.414 e. The first-order valence-corrected chi connectivity index (χ1v) is 12.3. The number of aliphatic hydroxyl groups excluding tert-OH is 1. The number of hydrogen-bond acceptors (Lipinski definition) is 3. The Morgan fingerprint density at radius 2 is 1.94 bits per heavy atom. The van der Waals surface area contributed by atoms with Crippen molar-refractivity contribution >= 4 is 0 Å². The lowest BCUT2D eigenvalue weighted by molar-refractivity contribution is -0.205. The molecule has 0 radical (unpaired) electrons. The van der Waals surface area contributed by atoms with Crippen molar-refractivity contribution in [2.45, 2.75) is 95.4 Å². The van der Waals surface area contributed by atoms with Gasteiger partial charge in [-0.25, -0.2) is 0 Å². The molecule has 0 bridgehead atoms. The molecule has 4 rings (SSSR count). The SMILES string of the molecule is C=CC12CCc3cc(O)ccc3[C@H]1[C@@H](CCCC[C@@H](O)C(F)(F)F)C[C@@]1(C)[C@H]2CC[C@]1(C)O. The number of aliphatic hydroxyl groups is 2. The first-order valence-electron chi connectivity index (χ1n) is 12.3. The van der Waals surface area contributed by atoms with E-state index >= 15 is 0 Å². The lowest BCUT2D eigenvalue weighted by Crippen LogP contribution is -2.56. The zero-order valence-electron chi connectivity index (χ0n) is 19.7. The lowest BCUT2D eigenvalue weighted by atomic mass is 9.43. The van der Waals surface area contributed by atoms with Crippen molar-refractivity contribution in [1.29, 1.82) is 0 Å². The molecule has 0 aromatic heterocycles. The highest BCUT2D eigenvalue weighted by atomic mass is 19.4. The van der Waals surface area contributed by atoms with E-state index in [-0.39, 0.29) is 40.8 Å². The van der Waals surface area contributed by atoms with Gasteiger partial charge in [0.25, 0.3) is 0 Å². The number of benzene rings is 1. The Labute approximate surface area is 194 Å². The number of phenolic OH excluding ortho intramolecular Hbond substituents is 1. The average molecular weight is 467 g/mol. The van der Waals surface area contributed by atoms with Crippen molar-refractivity contribution in [3.8, 4) is 5.75 Å². The van der Waals surface area contributed by atoms with Crippen LogP contribution in [0.1, 0.15) is 82.3 Å². The minimum absolute atomic E-state index is 0.166. The number of aryl methyl sites for hydroxylation is 1. The van der Waals surface area contributed by atoms with E-state index in [1.807, 2.05) is 19.1 Å². The molecule has 0 heterocycles. The van der Waals surface area contributed by atoms with Crippen LogP contribution in [0, 0.1) is 22.7 Å². The number of allylic oxidation sites excluding steroid dienone is 1. The highest BCUT2D eigenvalue weighted by molar-refractivity contribution is 5.43. The molecule has 2 saturated carbocycles. The third-order valence-electron chi connectivity index (χ3n) is 9.65. The summed E-state index contributed by atoms with van der Waals surface area (Å²) in [6, 6.07) is 5.59. The van der Waals surface area contributed by atoms with E-state index in [1.165, 1.54) is 5.56 Å². The molecule has 0 aliphatic heterocycles. The number of alkyl halides is 3. The number of unbranched alkanes of at least 4 members (excludes halogenated alkanes) is 1. The van der Waals surface area contributed by atoms with E-state index in [0.29, 0.717) is 12.8 Å². The number of rotatable bonds is 6. The fraction of sp³-hybridized carbons (Fsp3) is 0.704. The minimum atomic E-state index is -4.57. The van der Waals surface area contributed by atoms with Gasteiger partial charge in [0, 0.05) is 0 Å². The van der Waals surface area contributed by atoms with Crippen molar-refractivity contribution < 1.29 is 28.5 Å². The second-order valence-corrected chi connectivity index (χ2v) is 11.3. The van der Waals surface area contributed by atoms with E-state index in [2.05, 4.69) is 19.6 Å². The van der Waals surface area contributed by atoms with Crippen molar-refractivity contribution in [2.24, 2.45) is 22.7 Å². The molecule has 7 atom stereocenters. The Bertz CT molecular complexity index is 895. The van der Waals surface area contributed by atoms with Gasteiger partial charge >= 0.3 is 6.18 Å². The summed E-state index contributed by atoms with van der Waals surface area (Å²) in [5.74, 6) is 0.883. The third-order valence-corrected chi connectivity index (χ3v) is 9.65. The molecule has 3 N–H and O–H groups in total. The number of hydrogen-bond donors (Lipinski definition) is 3. The van der Waals surface area contributed by atoms with Crippen LogP contribution < -0.4 is 0 Å². The van der Waals surface area contributed by atoms with Crippen molar-refractivity contribution in [3.05, 3.63) is 42.0 Å². The molecular weight excluding hydrogens is 429 g/mol. The second kappa shape index (κ2) is 8.30. The van der Waals surface area contributed by atoms with Crippen LogP contribution in [0.3, 0.4) is 0 Å². The first-order chi connectivity index (χ1) is 15.4. The van der Waals surface area contributed by atoms with Gasteiger partial charge in [-0.15, -0.1) is 6.58 Å². The molecule has 3 aliphatic carbocycles. The largest absolute Gasteiger partial charge is 0.508 e. The van der Waals surface area contributed by atoms with Gasteiger partial charge in [-0.1, -0.05) is 31.9 Å². The Morgan fingerprint density at radius 1 is 1.21 bits per heavy atom. The number of aromatic hydroxyl groups is 1. The molecular formula is C27H37F3O3. The van der Waals surface area contributed by atoms with Crippen molar-refractivity contribution in [3.63, 3.8) is 0 Å². The van der Waals surface area contributed by atoms with Crippen LogP contribution in [0.25, 0.3) is 0 Å². The van der Waals surface area contributed by atoms with E-state index < -0.39 is 17.9 Å². The van der Waals surface area contributed by atoms with Gasteiger partial charge in [0.05, 0.1) is 5.60 Å². The topological polar surface area (TPSA) is 60.7 Å². The fourth-order valence-corrected chi connectivity index (χ4v) is 7.83. The zero-order chi connectivity index (χ0) is 24.2. The van der Waals surface area contributed by atoms with Gasteiger partial charge in [0.2, 0.25) is 0 Å². The van der Waals surface area contributed by atoms with Crippen LogP contribution in [0.2, 0.25) is 0 Å². The number of fused-ring (bicyclic) bond motifs is 5. The van der Waals surface area contributed by atoms with Gasteiger partial charge in [-0.05, 0) is 104 Å². The Balaban J connectivity index is 1.66. The summed E-state index contributed by atoms with van der Waals surface area (Å²) in [6.45, 7) is 8.41. The maximum absolute atomic E-state index is 12.7. The summed E-state index contributed by atoms with van der Waals surface area (Å²) >= 11 is 0. The van der Waals surface area contributed by atoms with Crippen LogP contribution in [0.15, 0.2) is 30.9 Å². The highest BCUT2D eigenvalue weighted by Crippen LogP contribution is 2.71. The van der Waals surface area contributed by atoms with Crippen LogP contribution in [0.5, 0.6) is 5.75 Å². The maximum atomic E-state index is 12.7. The van der Waals surface area contributed by atoms with E-state index in [0.717, 1.165) is 44.1 Å². The molecule has 3 nitrogen and oxygen atoms in total. The van der Waals surface area contributed by atoms with Crippen molar-refractivity contribution in [1.82, 2.24) is 0 Å². The van der Waals surface area contributed by atoms with Gasteiger partial charge < -0.3 is 15.3 Å². The Kier molecular flexibility index (Phi) is 6.18. The van der Waals surface area contributed by atoms with Crippen LogP contribution >= 0.6 is 0 Å². The molecule has 3 aliphatic rings. The van der Waals surface area contributed by atoms with Gasteiger partial charge in [0.15, 0.2) is 0 Å². The number of phenols is 1. The third kappa shape index (κ3) is 3.91. The summed E-state index contributed by atoms with van der Waals surface area (Å²) in [5.41, 5.74) is 1.09.